The Balaban J connectivity index is 0.00000387. The first-order valence-electron chi connectivity index (χ1n) is 15.0. The van der Waals surface area contributed by atoms with Crippen LogP contribution in [0.4, 0.5) is 40.3 Å². The number of rotatable bonds is 13. The Kier molecular flexibility index (Phi) is 19.6. The summed E-state index contributed by atoms with van der Waals surface area (Å²) >= 11 is 12.4. The Labute approximate surface area is 419 Å². The van der Waals surface area contributed by atoms with Crippen molar-refractivity contribution in [1.29, 1.82) is 0 Å². The minimum atomic E-state index is -5.61. The molecule has 0 radical (unpaired) electrons. The predicted octanol–water partition coefficient (Wildman–Crippen LogP) is -3.48. The molecule has 1 unspecified atom stereocenters. The quantitative estimate of drug-likeness (QED) is 0.0447. The standard InChI is InChI=1S/C30H25Br2ClN8O11S3.3Na/c1-2-41(17-6-4-3-5-7-17)30-37-28(33)36-29(38-30)35-21-13-18(53(44,45)46)10-15-11-23(55(50,51)52)25(26(42)24(15)21)40-39-20-12-16(34-27(43)19(32)14-31)8-9-22(20)54(47,48)49;;;/h3-13,19,42H,2,14H2,1H3,(H,34,43)(H,44,45,46)(H,47,48,49)(H,50,51,52)(H,35,36,37,38);;;/q;3*+1/p-3. The van der Waals surface area contributed by atoms with Crippen LogP contribution in [0.3, 0.4) is 0 Å². The third-order valence-electron chi connectivity index (χ3n) is 7.32. The Morgan fingerprint density at radius 3 is 2.09 bits per heavy atom. The van der Waals surface area contributed by atoms with Crippen LogP contribution in [-0.4, -0.2) is 81.6 Å². The molecule has 0 saturated carbocycles. The number of nitrogens with one attached hydrogen (secondary N) is 2. The number of fused-ring (bicyclic) bond motifs is 1. The minimum absolute atomic E-state index is 0. The molecule has 1 aromatic heterocycles. The molecule has 4 aromatic carbocycles. The number of amides is 1. The van der Waals surface area contributed by atoms with E-state index >= 15 is 0 Å². The van der Waals surface area contributed by atoms with Gasteiger partial charge in [0.05, 0.1) is 20.4 Å². The summed E-state index contributed by atoms with van der Waals surface area (Å²) in [7, 11) is -16.2. The first kappa shape index (κ1) is 52.7. The van der Waals surface area contributed by atoms with Gasteiger partial charge in [0.25, 0.3) is 0 Å². The van der Waals surface area contributed by atoms with Gasteiger partial charge in [-0.2, -0.15) is 15.0 Å². The zero-order valence-electron chi connectivity index (χ0n) is 30.4. The van der Waals surface area contributed by atoms with Crippen molar-refractivity contribution in [2.75, 3.05) is 27.4 Å². The Morgan fingerprint density at radius 1 is 0.879 bits per heavy atom. The van der Waals surface area contributed by atoms with Gasteiger partial charge in [0.15, 0.2) is 5.75 Å². The molecule has 0 fully saturated rings. The number of carbonyl (C=O) groups excluding carboxylic acids is 1. The van der Waals surface area contributed by atoms with Gasteiger partial charge in [-0.3, -0.25) is 4.79 Å². The molecule has 0 aliphatic carbocycles. The Morgan fingerprint density at radius 2 is 1.52 bits per heavy atom. The molecule has 5 aromatic rings. The molecule has 19 nitrogen and oxygen atoms in total. The monoisotopic (exact) mass is 1030 g/mol. The summed E-state index contributed by atoms with van der Waals surface area (Å²) in [5, 5.41) is 22.8. The first-order valence-corrected chi connectivity index (χ1v) is 21.6. The zero-order valence-corrected chi connectivity index (χ0v) is 42.8. The second kappa shape index (κ2) is 21.6. The predicted molar refractivity (Wildman–Crippen MR) is 203 cm³/mol. The molecule has 0 bridgehead atoms. The van der Waals surface area contributed by atoms with E-state index in [-0.39, 0.29) is 117 Å². The van der Waals surface area contributed by atoms with Gasteiger partial charge in [-0.1, -0.05) is 50.1 Å². The summed E-state index contributed by atoms with van der Waals surface area (Å²) < 4.78 is 110. The van der Waals surface area contributed by atoms with Crippen molar-refractivity contribution in [1.82, 2.24) is 15.0 Å². The van der Waals surface area contributed by atoms with Crippen LogP contribution in [0.2, 0.25) is 5.28 Å². The van der Waals surface area contributed by atoms with E-state index in [0.717, 1.165) is 24.3 Å². The van der Waals surface area contributed by atoms with Crippen molar-refractivity contribution in [3.63, 3.8) is 0 Å². The van der Waals surface area contributed by atoms with E-state index in [4.69, 9.17) is 11.6 Å². The SMILES string of the molecule is CCN(c1ccccc1)c1nc(Cl)nc(Nc2cc(S(=O)(=O)[O-])cc3cc(S(=O)(=O)[O-])c(N=Nc4cc(NC(=O)C(Br)CBr)ccc4S(=O)(=O)[O-])c(O)c23)n1.[Na+].[Na+].[Na+]. The Bertz CT molecular complexity index is 2710. The molecule has 58 heavy (non-hydrogen) atoms. The number of azo groups is 1. The van der Waals surface area contributed by atoms with Gasteiger partial charge in [-0.25, -0.2) is 25.3 Å². The van der Waals surface area contributed by atoms with E-state index in [1.54, 1.807) is 42.2 Å². The van der Waals surface area contributed by atoms with Crippen molar-refractivity contribution in [3.05, 3.63) is 72.0 Å². The maximum Gasteiger partial charge on any atom is 1.00 e. The van der Waals surface area contributed by atoms with Crippen molar-refractivity contribution in [2.45, 2.75) is 26.4 Å². The molecule has 1 heterocycles. The fourth-order valence-electron chi connectivity index (χ4n) is 4.95. The number of halogens is 3. The van der Waals surface area contributed by atoms with Crippen LogP contribution in [0.5, 0.6) is 5.75 Å². The number of carbonyl (C=O) groups is 1. The maximum absolute atomic E-state index is 12.5. The van der Waals surface area contributed by atoms with Crippen LogP contribution >= 0.6 is 43.5 Å². The van der Waals surface area contributed by atoms with E-state index in [0.29, 0.717) is 24.4 Å². The average molecular weight is 1030 g/mol. The summed E-state index contributed by atoms with van der Waals surface area (Å²) in [5.41, 5.74) is -1.73. The van der Waals surface area contributed by atoms with Gasteiger partial charge >= 0.3 is 88.7 Å². The topological polar surface area (TPSA) is 300 Å². The molecule has 1 amide bonds. The number of benzene rings is 4. The van der Waals surface area contributed by atoms with Gasteiger partial charge in [-0.15, -0.1) is 10.2 Å². The summed E-state index contributed by atoms with van der Waals surface area (Å²) in [4.78, 5) is 22.5. The second-order valence-corrected chi connectivity index (χ2v) is 17.1. The molecule has 0 spiro atoms. The molecule has 0 aliphatic heterocycles. The Hall–Kier alpha value is -1.40. The number of nitrogens with zero attached hydrogens (tertiary/aromatic N) is 6. The molecule has 1 atom stereocenters. The van der Waals surface area contributed by atoms with E-state index in [2.05, 4.69) is 67.7 Å². The van der Waals surface area contributed by atoms with Gasteiger partial charge in [0.2, 0.25) is 23.1 Å². The van der Waals surface area contributed by atoms with Crippen LogP contribution < -0.4 is 104 Å². The number of anilines is 5. The van der Waals surface area contributed by atoms with Crippen LogP contribution in [0.15, 0.2) is 91.6 Å². The minimum Gasteiger partial charge on any atom is -0.744 e. The first-order chi connectivity index (χ1) is 25.7. The van der Waals surface area contributed by atoms with Crippen LogP contribution in [0.25, 0.3) is 10.8 Å². The van der Waals surface area contributed by atoms with Crippen molar-refractivity contribution < 1.29 is 137 Å². The molecule has 28 heteroatoms. The number of aromatic nitrogens is 3. The fraction of sp³-hybridized carbons (Fsp3) is 0.133. The average Bonchev–Trinajstić information content (AvgIpc) is 3.09. The summed E-state index contributed by atoms with van der Waals surface area (Å²) in [6.07, 6.45) is 0. The van der Waals surface area contributed by atoms with Crippen LogP contribution in [0, 0.1) is 0 Å². The number of para-hydroxylation sites is 1. The van der Waals surface area contributed by atoms with Gasteiger partial charge < -0.3 is 34.3 Å². The van der Waals surface area contributed by atoms with E-state index in [1.165, 1.54) is 0 Å². The van der Waals surface area contributed by atoms with Crippen molar-refractivity contribution >= 4 is 131 Å². The number of alkyl halides is 2. The molecule has 0 aliphatic rings. The van der Waals surface area contributed by atoms with Crippen molar-refractivity contribution in [2.24, 2.45) is 10.2 Å². The molecule has 5 rings (SSSR count). The number of aromatic hydroxyl groups is 1. The number of phenols is 1. The molecule has 290 valence electrons. The smallest absolute Gasteiger partial charge is 0.744 e. The number of phenolic OH excluding ortho intramolecular Hbond substituents is 1. The van der Waals surface area contributed by atoms with Gasteiger partial charge in [0, 0.05) is 28.6 Å². The van der Waals surface area contributed by atoms with Crippen molar-refractivity contribution in [3.8, 4) is 5.75 Å². The normalized spacial score (nSPS) is 12.2. The second-order valence-electron chi connectivity index (χ2n) is 10.9. The van der Waals surface area contributed by atoms with Gasteiger partial charge in [-0.05, 0) is 72.4 Å². The third-order valence-corrected chi connectivity index (χ3v) is 12.3. The van der Waals surface area contributed by atoms with Crippen LogP contribution in [-0.2, 0) is 35.1 Å². The van der Waals surface area contributed by atoms with E-state index in [1.807, 2.05) is 0 Å². The van der Waals surface area contributed by atoms with E-state index in [9.17, 15) is 48.8 Å². The summed E-state index contributed by atoms with van der Waals surface area (Å²) in [6, 6.07) is 13.6. The largest absolute Gasteiger partial charge is 1.00 e. The molecule has 3 N–H and O–H groups in total. The number of hydrogen-bond acceptors (Lipinski definition) is 18. The maximum atomic E-state index is 12.5. The zero-order chi connectivity index (χ0) is 40.5. The summed E-state index contributed by atoms with van der Waals surface area (Å²) in [6.45, 7) is 2.12. The number of hydrogen-bond donors (Lipinski definition) is 3. The molecular weight excluding hydrogens is 1010 g/mol. The van der Waals surface area contributed by atoms with Crippen LogP contribution in [0.1, 0.15) is 6.92 Å². The van der Waals surface area contributed by atoms with Gasteiger partial charge in [0.1, 0.15) is 46.6 Å². The molecule has 0 saturated heterocycles. The molecular formula is C30H22Br2ClN8Na3O11S3. The fourth-order valence-corrected chi connectivity index (χ4v) is 7.29. The third kappa shape index (κ3) is 12.8. The van der Waals surface area contributed by atoms with E-state index < -0.39 is 89.4 Å². The summed E-state index contributed by atoms with van der Waals surface area (Å²) in [5.74, 6) is -2.10.